The zero-order chi connectivity index (χ0) is 20.9. The fourth-order valence-electron chi connectivity index (χ4n) is 2.98. The Kier molecular flexibility index (Phi) is 6.68. The second kappa shape index (κ2) is 8.79. The standard InChI is InChI=1S/C16H22N6O6/c1-2-10(24)11(18)12-21-22-14(28-12)16(5-8(6-16)3-4-17)20-15(27)19-9(7-23)13(25)26/h2,8-11,23-24H,1,3,5-7,18H2,(H,25,26)(H2,19,20,27)/t8-,9-,10+,11-,16-/m0/s1. The first-order chi connectivity index (χ1) is 13.3. The molecule has 2 rings (SSSR count). The predicted octanol–water partition coefficient (Wildman–Crippen LogP) is -1.12. The fraction of sp³-hybridized carbons (Fsp3) is 0.562. The number of aromatic nitrogens is 2. The van der Waals surface area contributed by atoms with E-state index in [-0.39, 0.29) is 24.1 Å². The van der Waals surface area contributed by atoms with Gasteiger partial charge in [-0.3, -0.25) is 0 Å². The molecule has 0 bridgehead atoms. The molecule has 1 fully saturated rings. The highest BCUT2D eigenvalue weighted by Crippen LogP contribution is 2.46. The number of carboxylic acid groups (broad SMARTS) is 1. The number of nitrogens with zero attached hydrogens (tertiary/aromatic N) is 3. The number of aliphatic hydroxyl groups excluding tert-OH is 2. The summed E-state index contributed by atoms with van der Waals surface area (Å²) in [5, 5.41) is 49.0. The van der Waals surface area contributed by atoms with Crippen LogP contribution in [0.3, 0.4) is 0 Å². The van der Waals surface area contributed by atoms with Crippen LogP contribution in [0.5, 0.6) is 0 Å². The monoisotopic (exact) mass is 394 g/mol. The van der Waals surface area contributed by atoms with Crippen molar-refractivity contribution in [3.8, 4) is 6.07 Å². The van der Waals surface area contributed by atoms with E-state index in [4.69, 9.17) is 25.6 Å². The van der Waals surface area contributed by atoms with Crippen molar-refractivity contribution < 1.29 is 29.3 Å². The van der Waals surface area contributed by atoms with E-state index in [0.717, 1.165) is 0 Å². The molecule has 0 radical (unpaired) electrons. The Bertz CT molecular complexity index is 768. The van der Waals surface area contributed by atoms with Gasteiger partial charge >= 0.3 is 12.0 Å². The van der Waals surface area contributed by atoms with Crippen LogP contribution < -0.4 is 16.4 Å². The van der Waals surface area contributed by atoms with Crippen LogP contribution in [0.2, 0.25) is 0 Å². The lowest BCUT2D eigenvalue weighted by Gasteiger charge is -2.44. The molecular formula is C16H22N6O6. The van der Waals surface area contributed by atoms with Crippen LogP contribution in [0.15, 0.2) is 17.1 Å². The number of amides is 2. The minimum Gasteiger partial charge on any atom is -0.480 e. The van der Waals surface area contributed by atoms with Crippen LogP contribution in [0.25, 0.3) is 0 Å². The third-order valence-electron chi connectivity index (χ3n) is 4.54. The predicted molar refractivity (Wildman–Crippen MR) is 92.2 cm³/mol. The molecule has 3 atom stereocenters. The number of nitrogens with one attached hydrogen (secondary N) is 2. The van der Waals surface area contributed by atoms with Crippen molar-refractivity contribution >= 4 is 12.0 Å². The summed E-state index contributed by atoms with van der Waals surface area (Å²) in [6.45, 7) is 2.64. The number of nitrogens with two attached hydrogens (primary N) is 1. The average molecular weight is 394 g/mol. The molecule has 0 unspecified atom stereocenters. The summed E-state index contributed by atoms with van der Waals surface area (Å²) in [5.41, 5.74) is 4.69. The first kappa shape index (κ1) is 21.3. The number of hydrogen-bond donors (Lipinski definition) is 6. The quantitative estimate of drug-likeness (QED) is 0.278. The van der Waals surface area contributed by atoms with E-state index in [0.29, 0.717) is 12.8 Å². The highest BCUT2D eigenvalue weighted by Gasteiger charge is 2.51. The molecule has 1 saturated carbocycles. The van der Waals surface area contributed by atoms with Crippen molar-refractivity contribution in [3.05, 3.63) is 24.4 Å². The first-order valence-electron chi connectivity index (χ1n) is 8.45. The van der Waals surface area contributed by atoms with Gasteiger partial charge in [0.15, 0.2) is 6.04 Å². The Morgan fingerprint density at radius 1 is 1.50 bits per heavy atom. The van der Waals surface area contributed by atoms with Gasteiger partial charge in [0.05, 0.1) is 18.8 Å². The molecule has 1 aromatic heterocycles. The lowest BCUT2D eigenvalue weighted by atomic mass is 9.67. The number of nitriles is 1. The number of aliphatic hydroxyl groups is 2. The van der Waals surface area contributed by atoms with Crippen LogP contribution in [-0.2, 0) is 10.3 Å². The molecule has 1 aromatic rings. The number of rotatable bonds is 9. The summed E-state index contributed by atoms with van der Waals surface area (Å²) in [4.78, 5) is 23.2. The lowest BCUT2D eigenvalue weighted by Crippen LogP contribution is -2.59. The van der Waals surface area contributed by atoms with Crippen LogP contribution in [0, 0.1) is 17.2 Å². The Morgan fingerprint density at radius 3 is 2.71 bits per heavy atom. The van der Waals surface area contributed by atoms with Gasteiger partial charge in [-0.15, -0.1) is 16.8 Å². The van der Waals surface area contributed by atoms with Gasteiger partial charge in [0.25, 0.3) is 0 Å². The van der Waals surface area contributed by atoms with Gasteiger partial charge in [0.2, 0.25) is 11.8 Å². The normalized spacial score (nSPS) is 24.1. The van der Waals surface area contributed by atoms with Gasteiger partial charge in [-0.1, -0.05) is 6.08 Å². The summed E-state index contributed by atoms with van der Waals surface area (Å²) < 4.78 is 5.54. The van der Waals surface area contributed by atoms with Gasteiger partial charge < -0.3 is 36.1 Å². The molecule has 0 saturated heterocycles. The fourth-order valence-corrected chi connectivity index (χ4v) is 2.98. The SMILES string of the molecule is C=C[C@@H](O)[C@H](N)c1nnc([C@]2(NC(=O)N[C@@H](CO)C(=O)O)C[C@H](CC#N)C2)o1. The molecule has 152 valence electrons. The third-order valence-corrected chi connectivity index (χ3v) is 4.54. The molecule has 12 heteroatoms. The molecule has 12 nitrogen and oxygen atoms in total. The number of hydrogen-bond acceptors (Lipinski definition) is 9. The summed E-state index contributed by atoms with van der Waals surface area (Å²) in [6.07, 6.45) is 0.977. The van der Waals surface area contributed by atoms with E-state index in [1.807, 2.05) is 6.07 Å². The Hall–Kier alpha value is -3.01. The summed E-state index contributed by atoms with van der Waals surface area (Å²) in [7, 11) is 0. The minimum absolute atomic E-state index is 0.0226. The molecule has 1 aliphatic carbocycles. The minimum atomic E-state index is -1.48. The van der Waals surface area contributed by atoms with Crippen molar-refractivity contribution in [2.24, 2.45) is 11.7 Å². The summed E-state index contributed by atoms with van der Waals surface area (Å²) in [5.74, 6) is -1.46. The largest absolute Gasteiger partial charge is 0.480 e. The Labute approximate surface area is 160 Å². The van der Waals surface area contributed by atoms with E-state index in [9.17, 15) is 14.7 Å². The first-order valence-corrected chi connectivity index (χ1v) is 8.45. The van der Waals surface area contributed by atoms with Crippen molar-refractivity contribution in [2.75, 3.05) is 6.61 Å². The van der Waals surface area contributed by atoms with Gasteiger partial charge in [0, 0.05) is 6.42 Å². The average Bonchev–Trinajstić information content (AvgIpc) is 3.13. The second-order valence-electron chi connectivity index (χ2n) is 6.59. The Morgan fingerprint density at radius 2 is 2.18 bits per heavy atom. The smallest absolute Gasteiger partial charge is 0.328 e. The van der Waals surface area contributed by atoms with Crippen molar-refractivity contribution in [3.63, 3.8) is 0 Å². The highest BCUT2D eigenvalue weighted by molar-refractivity contribution is 5.83. The van der Waals surface area contributed by atoms with E-state index in [2.05, 4.69) is 27.4 Å². The number of carboxylic acids is 1. The molecular weight excluding hydrogens is 372 g/mol. The van der Waals surface area contributed by atoms with Crippen molar-refractivity contribution in [2.45, 2.75) is 43.0 Å². The van der Waals surface area contributed by atoms with E-state index in [1.54, 1.807) is 0 Å². The zero-order valence-corrected chi connectivity index (χ0v) is 14.9. The van der Waals surface area contributed by atoms with Crippen LogP contribution in [-0.4, -0.2) is 56.3 Å². The maximum atomic E-state index is 12.2. The van der Waals surface area contributed by atoms with Gasteiger partial charge in [0.1, 0.15) is 11.6 Å². The number of carbonyl (C=O) groups excluding carboxylic acids is 1. The molecule has 28 heavy (non-hydrogen) atoms. The highest BCUT2D eigenvalue weighted by atomic mass is 16.4. The van der Waals surface area contributed by atoms with Crippen LogP contribution in [0.1, 0.15) is 37.1 Å². The van der Waals surface area contributed by atoms with Gasteiger partial charge in [-0.2, -0.15) is 5.26 Å². The summed E-state index contributed by atoms with van der Waals surface area (Å²) in [6, 6.07) is -1.30. The molecule has 7 N–H and O–H groups in total. The molecule has 1 aliphatic rings. The van der Waals surface area contributed by atoms with E-state index >= 15 is 0 Å². The Balaban J connectivity index is 2.19. The van der Waals surface area contributed by atoms with Crippen LogP contribution >= 0.6 is 0 Å². The molecule has 0 aromatic carbocycles. The second-order valence-corrected chi connectivity index (χ2v) is 6.59. The summed E-state index contributed by atoms with van der Waals surface area (Å²) >= 11 is 0. The number of aliphatic carboxylic acids is 1. The molecule has 0 aliphatic heterocycles. The molecule has 1 heterocycles. The lowest BCUT2D eigenvalue weighted by molar-refractivity contribution is -0.140. The van der Waals surface area contributed by atoms with Crippen LogP contribution in [0.4, 0.5) is 4.79 Å². The van der Waals surface area contributed by atoms with Gasteiger partial charge in [-0.25, -0.2) is 9.59 Å². The van der Waals surface area contributed by atoms with Gasteiger partial charge in [-0.05, 0) is 18.8 Å². The van der Waals surface area contributed by atoms with E-state index in [1.165, 1.54) is 6.08 Å². The van der Waals surface area contributed by atoms with Crippen molar-refractivity contribution in [1.29, 1.82) is 5.26 Å². The molecule has 0 spiro atoms. The maximum absolute atomic E-state index is 12.2. The number of urea groups is 1. The topological polar surface area (TPSA) is 208 Å². The van der Waals surface area contributed by atoms with Crippen molar-refractivity contribution in [1.82, 2.24) is 20.8 Å². The molecule has 2 amide bonds. The third kappa shape index (κ3) is 4.45. The number of carbonyl (C=O) groups is 2. The maximum Gasteiger partial charge on any atom is 0.328 e. The van der Waals surface area contributed by atoms with E-state index < -0.39 is 42.3 Å². The zero-order valence-electron chi connectivity index (χ0n) is 14.9.